The van der Waals surface area contributed by atoms with E-state index in [2.05, 4.69) is 17.2 Å². The van der Waals surface area contributed by atoms with E-state index >= 15 is 0 Å². The first kappa shape index (κ1) is 12.3. The number of hydrogen-bond donors (Lipinski definition) is 3. The topological polar surface area (TPSA) is 70.6 Å². The number of nitrogens with zero attached hydrogens (tertiary/aromatic N) is 1. The predicted molar refractivity (Wildman–Crippen MR) is 62.7 cm³/mol. The summed E-state index contributed by atoms with van der Waals surface area (Å²) in [5, 5.41) is 12.5. The highest BCUT2D eigenvalue weighted by molar-refractivity contribution is 5.78. The summed E-state index contributed by atoms with van der Waals surface area (Å²) < 4.78 is 0. The Morgan fingerprint density at radius 1 is 1.47 bits per heavy atom. The molecular formula is C11H23N3O. The molecule has 0 aliphatic heterocycles. The normalized spacial score (nSPS) is 27.7. The predicted octanol–water partition coefficient (Wildman–Crippen LogP) is 0.852. The van der Waals surface area contributed by atoms with Gasteiger partial charge in [-0.2, -0.15) is 0 Å². The van der Waals surface area contributed by atoms with Crippen LogP contribution in [0.15, 0.2) is 4.99 Å². The van der Waals surface area contributed by atoms with Crippen molar-refractivity contribution in [2.75, 3.05) is 13.2 Å². The average molecular weight is 213 g/mol. The van der Waals surface area contributed by atoms with Gasteiger partial charge in [0, 0.05) is 25.1 Å². The SMILES string of the molecule is CCCN=C(N)NC1CCCCC1CO. The van der Waals surface area contributed by atoms with E-state index < -0.39 is 0 Å². The summed E-state index contributed by atoms with van der Waals surface area (Å²) in [5.74, 6) is 0.872. The van der Waals surface area contributed by atoms with Gasteiger partial charge in [-0.25, -0.2) is 0 Å². The lowest BCUT2D eigenvalue weighted by Gasteiger charge is -2.31. The number of guanidine groups is 1. The Morgan fingerprint density at radius 3 is 2.87 bits per heavy atom. The minimum Gasteiger partial charge on any atom is -0.396 e. The summed E-state index contributed by atoms with van der Waals surface area (Å²) >= 11 is 0. The Labute approximate surface area is 92.0 Å². The lowest BCUT2D eigenvalue weighted by Crippen LogP contribution is -2.46. The number of rotatable bonds is 4. The van der Waals surface area contributed by atoms with Crippen LogP contribution in [0.3, 0.4) is 0 Å². The van der Waals surface area contributed by atoms with Crippen LogP contribution in [0.5, 0.6) is 0 Å². The molecule has 1 aliphatic carbocycles. The molecule has 4 heteroatoms. The zero-order valence-corrected chi connectivity index (χ0v) is 9.58. The summed E-state index contributed by atoms with van der Waals surface area (Å²) in [6.07, 6.45) is 5.63. The fourth-order valence-electron chi connectivity index (χ4n) is 2.08. The van der Waals surface area contributed by atoms with Crippen molar-refractivity contribution in [2.24, 2.45) is 16.6 Å². The van der Waals surface area contributed by atoms with Crippen molar-refractivity contribution < 1.29 is 5.11 Å². The van der Waals surface area contributed by atoms with Gasteiger partial charge in [0.1, 0.15) is 0 Å². The van der Waals surface area contributed by atoms with Gasteiger partial charge in [0.25, 0.3) is 0 Å². The number of hydrogen-bond acceptors (Lipinski definition) is 2. The number of nitrogens with one attached hydrogen (secondary N) is 1. The largest absolute Gasteiger partial charge is 0.396 e. The molecule has 15 heavy (non-hydrogen) atoms. The van der Waals surface area contributed by atoms with E-state index in [4.69, 9.17) is 5.73 Å². The highest BCUT2D eigenvalue weighted by atomic mass is 16.3. The number of aliphatic hydroxyl groups is 1. The third kappa shape index (κ3) is 4.08. The van der Waals surface area contributed by atoms with E-state index in [-0.39, 0.29) is 6.61 Å². The molecular weight excluding hydrogens is 190 g/mol. The highest BCUT2D eigenvalue weighted by Gasteiger charge is 2.24. The molecule has 1 rings (SSSR count). The van der Waals surface area contributed by atoms with Gasteiger partial charge >= 0.3 is 0 Å². The second-order valence-electron chi connectivity index (χ2n) is 4.24. The van der Waals surface area contributed by atoms with Gasteiger partial charge in [0.15, 0.2) is 5.96 Å². The van der Waals surface area contributed by atoms with Crippen LogP contribution in [0.2, 0.25) is 0 Å². The summed E-state index contributed by atoms with van der Waals surface area (Å²) in [7, 11) is 0. The van der Waals surface area contributed by atoms with Crippen LogP contribution in [0.25, 0.3) is 0 Å². The first-order valence-corrected chi connectivity index (χ1v) is 5.95. The maximum atomic E-state index is 9.23. The molecule has 0 bridgehead atoms. The molecule has 0 saturated heterocycles. The minimum atomic E-state index is 0.249. The molecule has 1 saturated carbocycles. The van der Waals surface area contributed by atoms with Gasteiger partial charge < -0.3 is 16.2 Å². The van der Waals surface area contributed by atoms with Crippen LogP contribution in [0, 0.1) is 5.92 Å². The van der Waals surface area contributed by atoms with E-state index in [1.165, 1.54) is 12.8 Å². The fourth-order valence-corrected chi connectivity index (χ4v) is 2.08. The van der Waals surface area contributed by atoms with Crippen LogP contribution >= 0.6 is 0 Å². The average Bonchev–Trinajstić information content (AvgIpc) is 2.27. The van der Waals surface area contributed by atoms with Gasteiger partial charge in [0.05, 0.1) is 0 Å². The van der Waals surface area contributed by atoms with Gasteiger partial charge in [-0.1, -0.05) is 19.8 Å². The van der Waals surface area contributed by atoms with Crippen LogP contribution < -0.4 is 11.1 Å². The maximum absolute atomic E-state index is 9.23. The Hall–Kier alpha value is -0.770. The van der Waals surface area contributed by atoms with Crippen molar-refractivity contribution in [3.8, 4) is 0 Å². The molecule has 0 radical (unpaired) electrons. The molecule has 88 valence electrons. The van der Waals surface area contributed by atoms with E-state index in [0.29, 0.717) is 17.9 Å². The Bertz CT molecular complexity index is 206. The van der Waals surface area contributed by atoms with Crippen LogP contribution in [0.1, 0.15) is 39.0 Å². The van der Waals surface area contributed by atoms with Gasteiger partial charge in [0.2, 0.25) is 0 Å². The maximum Gasteiger partial charge on any atom is 0.188 e. The van der Waals surface area contributed by atoms with Crippen molar-refractivity contribution in [3.63, 3.8) is 0 Å². The second kappa shape index (κ2) is 6.67. The molecule has 0 aromatic heterocycles. The van der Waals surface area contributed by atoms with Crippen LogP contribution in [-0.2, 0) is 0 Å². The molecule has 4 nitrogen and oxygen atoms in total. The zero-order valence-electron chi connectivity index (χ0n) is 9.58. The second-order valence-corrected chi connectivity index (χ2v) is 4.24. The van der Waals surface area contributed by atoms with Crippen LogP contribution in [0.4, 0.5) is 0 Å². The molecule has 2 unspecified atom stereocenters. The van der Waals surface area contributed by atoms with E-state index in [1.807, 2.05) is 0 Å². The number of aliphatic hydroxyl groups excluding tert-OH is 1. The first-order chi connectivity index (χ1) is 7.27. The summed E-state index contributed by atoms with van der Waals surface area (Å²) in [5.41, 5.74) is 5.76. The standard InChI is InChI=1S/C11H23N3O/c1-2-7-13-11(12)14-10-6-4-3-5-9(10)8-15/h9-10,15H,2-8H2,1H3,(H3,12,13,14). The molecule has 0 heterocycles. The number of aliphatic imine (C=N–C) groups is 1. The molecule has 1 aliphatic rings. The molecule has 0 spiro atoms. The van der Waals surface area contributed by atoms with Crippen LogP contribution in [-0.4, -0.2) is 30.3 Å². The quantitative estimate of drug-likeness (QED) is 0.479. The van der Waals surface area contributed by atoms with E-state index in [0.717, 1.165) is 25.8 Å². The Morgan fingerprint density at radius 2 is 2.20 bits per heavy atom. The summed E-state index contributed by atoms with van der Waals surface area (Å²) in [6, 6.07) is 0.310. The molecule has 0 aromatic rings. The smallest absolute Gasteiger partial charge is 0.188 e. The lowest BCUT2D eigenvalue weighted by molar-refractivity contribution is 0.162. The minimum absolute atomic E-state index is 0.249. The first-order valence-electron chi connectivity index (χ1n) is 5.95. The lowest BCUT2D eigenvalue weighted by atomic mass is 9.85. The van der Waals surface area contributed by atoms with Gasteiger partial charge in [-0.05, 0) is 19.3 Å². The fraction of sp³-hybridized carbons (Fsp3) is 0.909. The number of nitrogens with two attached hydrogens (primary N) is 1. The molecule has 1 fully saturated rings. The molecule has 0 aromatic carbocycles. The van der Waals surface area contributed by atoms with Crippen molar-refractivity contribution in [2.45, 2.75) is 45.1 Å². The van der Waals surface area contributed by atoms with Crippen molar-refractivity contribution in [1.82, 2.24) is 5.32 Å². The van der Waals surface area contributed by atoms with E-state index in [9.17, 15) is 5.11 Å². The van der Waals surface area contributed by atoms with Gasteiger partial charge in [-0.3, -0.25) is 4.99 Å². The monoisotopic (exact) mass is 213 g/mol. The van der Waals surface area contributed by atoms with E-state index in [1.54, 1.807) is 0 Å². The third-order valence-electron chi connectivity index (χ3n) is 2.98. The van der Waals surface area contributed by atoms with Crippen molar-refractivity contribution >= 4 is 5.96 Å². The summed E-state index contributed by atoms with van der Waals surface area (Å²) in [4.78, 5) is 4.21. The molecule has 4 N–H and O–H groups in total. The Balaban J connectivity index is 2.40. The molecule has 2 atom stereocenters. The Kier molecular flexibility index (Phi) is 5.47. The molecule has 0 amide bonds. The highest BCUT2D eigenvalue weighted by Crippen LogP contribution is 2.23. The summed E-state index contributed by atoms with van der Waals surface area (Å²) in [6.45, 7) is 3.10. The van der Waals surface area contributed by atoms with Crippen molar-refractivity contribution in [1.29, 1.82) is 0 Å². The zero-order chi connectivity index (χ0) is 11.1. The van der Waals surface area contributed by atoms with Crippen molar-refractivity contribution in [3.05, 3.63) is 0 Å². The van der Waals surface area contributed by atoms with Gasteiger partial charge in [-0.15, -0.1) is 0 Å². The third-order valence-corrected chi connectivity index (χ3v) is 2.98.